The lowest BCUT2D eigenvalue weighted by Gasteiger charge is -2.07. The normalized spacial score (nSPS) is 13.2. The van der Waals surface area contributed by atoms with Gasteiger partial charge in [0.1, 0.15) is 0 Å². The molecule has 0 aliphatic heterocycles. The molecule has 1 heterocycles. The summed E-state index contributed by atoms with van der Waals surface area (Å²) in [6, 6.07) is 0.510. The van der Waals surface area contributed by atoms with Gasteiger partial charge in [0.25, 0.3) is 0 Å². The Morgan fingerprint density at radius 2 is 2.42 bits per heavy atom. The summed E-state index contributed by atoms with van der Waals surface area (Å²) >= 11 is 0. The minimum Gasteiger partial charge on any atom is -0.316 e. The van der Waals surface area contributed by atoms with Crippen LogP contribution in [0, 0.1) is 0 Å². The van der Waals surface area contributed by atoms with Gasteiger partial charge in [0.2, 0.25) is 0 Å². The molecular weight excluding hydrogens is 150 g/mol. The fourth-order valence-corrected chi connectivity index (χ4v) is 1.10. The van der Waals surface area contributed by atoms with Gasteiger partial charge in [0.15, 0.2) is 0 Å². The standard InChI is InChI=1S/C9H17N3/c1-4-8(2)12-7-9(5-10-3)6-11-12/h6-8,10H,4-5H2,1-3H3/t8-/m1/s1. The summed E-state index contributed by atoms with van der Waals surface area (Å²) in [5, 5.41) is 7.38. The van der Waals surface area contributed by atoms with Crippen LogP contribution < -0.4 is 5.32 Å². The predicted molar refractivity (Wildman–Crippen MR) is 50.0 cm³/mol. The molecule has 12 heavy (non-hydrogen) atoms. The van der Waals surface area contributed by atoms with Crippen molar-refractivity contribution in [2.45, 2.75) is 32.9 Å². The van der Waals surface area contributed by atoms with Gasteiger partial charge in [-0.15, -0.1) is 0 Å². The lowest BCUT2D eigenvalue weighted by molar-refractivity contribution is 0.477. The second kappa shape index (κ2) is 4.26. The van der Waals surface area contributed by atoms with Gasteiger partial charge in [0.05, 0.1) is 6.20 Å². The third-order valence-corrected chi connectivity index (χ3v) is 2.08. The Morgan fingerprint density at radius 3 is 3.00 bits per heavy atom. The van der Waals surface area contributed by atoms with Gasteiger partial charge in [-0.1, -0.05) is 6.92 Å². The number of nitrogens with zero attached hydrogens (tertiary/aromatic N) is 2. The Morgan fingerprint density at radius 1 is 1.67 bits per heavy atom. The minimum absolute atomic E-state index is 0.510. The van der Waals surface area contributed by atoms with E-state index < -0.39 is 0 Å². The highest BCUT2D eigenvalue weighted by atomic mass is 15.3. The molecule has 0 aliphatic carbocycles. The van der Waals surface area contributed by atoms with Gasteiger partial charge in [0, 0.05) is 24.3 Å². The van der Waals surface area contributed by atoms with Crippen molar-refractivity contribution in [3.63, 3.8) is 0 Å². The second-order valence-corrected chi connectivity index (χ2v) is 3.12. The van der Waals surface area contributed by atoms with Crippen LogP contribution in [0.4, 0.5) is 0 Å². The van der Waals surface area contributed by atoms with Gasteiger partial charge in [-0.25, -0.2) is 0 Å². The first-order valence-corrected chi connectivity index (χ1v) is 4.45. The molecular formula is C9H17N3. The molecule has 0 saturated heterocycles. The zero-order valence-corrected chi connectivity index (χ0v) is 8.04. The Kier molecular flexibility index (Phi) is 3.29. The van der Waals surface area contributed by atoms with Crippen molar-refractivity contribution in [3.8, 4) is 0 Å². The summed E-state index contributed by atoms with van der Waals surface area (Å²) in [6.07, 6.45) is 5.15. The van der Waals surface area contributed by atoms with E-state index in [1.807, 2.05) is 17.9 Å². The fraction of sp³-hybridized carbons (Fsp3) is 0.667. The molecule has 3 nitrogen and oxygen atoms in total. The summed E-state index contributed by atoms with van der Waals surface area (Å²) in [7, 11) is 1.95. The van der Waals surface area contributed by atoms with Crippen molar-refractivity contribution in [1.82, 2.24) is 15.1 Å². The number of aromatic nitrogens is 2. The Labute approximate surface area is 73.8 Å². The molecule has 1 N–H and O–H groups in total. The maximum Gasteiger partial charge on any atom is 0.0534 e. The van der Waals surface area contributed by atoms with E-state index in [0.717, 1.165) is 13.0 Å². The topological polar surface area (TPSA) is 29.9 Å². The third-order valence-electron chi connectivity index (χ3n) is 2.08. The number of hydrogen-bond acceptors (Lipinski definition) is 2. The monoisotopic (exact) mass is 167 g/mol. The number of hydrogen-bond donors (Lipinski definition) is 1. The van der Waals surface area contributed by atoms with Crippen LogP contribution in [-0.2, 0) is 6.54 Å². The van der Waals surface area contributed by atoms with E-state index >= 15 is 0 Å². The van der Waals surface area contributed by atoms with E-state index in [1.165, 1.54) is 5.56 Å². The van der Waals surface area contributed by atoms with Gasteiger partial charge in [-0.3, -0.25) is 4.68 Å². The summed E-state index contributed by atoms with van der Waals surface area (Å²) in [4.78, 5) is 0. The van der Waals surface area contributed by atoms with Crippen molar-refractivity contribution in [3.05, 3.63) is 18.0 Å². The van der Waals surface area contributed by atoms with E-state index in [-0.39, 0.29) is 0 Å². The second-order valence-electron chi connectivity index (χ2n) is 3.12. The first-order chi connectivity index (χ1) is 5.77. The van der Waals surface area contributed by atoms with Crippen LogP contribution in [0.3, 0.4) is 0 Å². The fourth-order valence-electron chi connectivity index (χ4n) is 1.10. The van der Waals surface area contributed by atoms with Crippen LogP contribution in [0.15, 0.2) is 12.4 Å². The van der Waals surface area contributed by atoms with Crippen molar-refractivity contribution >= 4 is 0 Å². The van der Waals surface area contributed by atoms with E-state index in [2.05, 4.69) is 30.5 Å². The molecule has 1 rings (SSSR count). The third kappa shape index (κ3) is 2.08. The molecule has 0 aromatic carbocycles. The van der Waals surface area contributed by atoms with Crippen molar-refractivity contribution in [2.75, 3.05) is 7.05 Å². The van der Waals surface area contributed by atoms with Crippen molar-refractivity contribution in [1.29, 1.82) is 0 Å². The summed E-state index contributed by atoms with van der Waals surface area (Å²) in [5.41, 5.74) is 1.25. The molecule has 68 valence electrons. The average Bonchev–Trinajstić information content (AvgIpc) is 2.52. The molecule has 1 atom stereocenters. The Balaban J connectivity index is 2.63. The van der Waals surface area contributed by atoms with Crippen molar-refractivity contribution < 1.29 is 0 Å². The zero-order chi connectivity index (χ0) is 8.97. The van der Waals surface area contributed by atoms with Crippen LogP contribution in [0.2, 0.25) is 0 Å². The van der Waals surface area contributed by atoms with Gasteiger partial charge >= 0.3 is 0 Å². The minimum atomic E-state index is 0.510. The SMILES string of the molecule is CC[C@@H](C)n1cc(CNC)cn1. The summed E-state index contributed by atoms with van der Waals surface area (Å²) < 4.78 is 2.02. The van der Waals surface area contributed by atoms with Crippen LogP contribution in [0.5, 0.6) is 0 Å². The molecule has 0 radical (unpaired) electrons. The van der Waals surface area contributed by atoms with Crippen LogP contribution >= 0.6 is 0 Å². The highest BCUT2D eigenvalue weighted by Gasteiger charge is 2.02. The lowest BCUT2D eigenvalue weighted by atomic mass is 10.3. The van der Waals surface area contributed by atoms with E-state index in [1.54, 1.807) is 0 Å². The maximum atomic E-state index is 4.28. The van der Waals surface area contributed by atoms with E-state index in [4.69, 9.17) is 0 Å². The highest BCUT2D eigenvalue weighted by Crippen LogP contribution is 2.09. The molecule has 0 amide bonds. The van der Waals surface area contributed by atoms with Gasteiger partial charge < -0.3 is 5.32 Å². The Bertz CT molecular complexity index is 229. The molecule has 0 unspecified atom stereocenters. The zero-order valence-electron chi connectivity index (χ0n) is 8.04. The van der Waals surface area contributed by atoms with E-state index in [0.29, 0.717) is 6.04 Å². The first-order valence-electron chi connectivity index (χ1n) is 4.45. The molecule has 1 aromatic heterocycles. The largest absolute Gasteiger partial charge is 0.316 e. The predicted octanol–water partition coefficient (Wildman–Crippen LogP) is 1.57. The van der Waals surface area contributed by atoms with Crippen LogP contribution in [0.1, 0.15) is 31.9 Å². The quantitative estimate of drug-likeness (QED) is 0.737. The van der Waals surface area contributed by atoms with Gasteiger partial charge in [-0.05, 0) is 20.4 Å². The molecule has 0 aliphatic rings. The molecule has 0 saturated carbocycles. The summed E-state index contributed by atoms with van der Waals surface area (Å²) in [5.74, 6) is 0. The first kappa shape index (κ1) is 9.26. The molecule has 0 fully saturated rings. The number of rotatable bonds is 4. The smallest absolute Gasteiger partial charge is 0.0534 e. The van der Waals surface area contributed by atoms with Crippen LogP contribution in [-0.4, -0.2) is 16.8 Å². The van der Waals surface area contributed by atoms with Crippen molar-refractivity contribution in [2.24, 2.45) is 0 Å². The maximum absolute atomic E-state index is 4.28. The van der Waals surface area contributed by atoms with Gasteiger partial charge in [-0.2, -0.15) is 5.10 Å². The van der Waals surface area contributed by atoms with E-state index in [9.17, 15) is 0 Å². The molecule has 0 bridgehead atoms. The lowest BCUT2D eigenvalue weighted by Crippen LogP contribution is -2.05. The van der Waals surface area contributed by atoms with Crippen LogP contribution in [0.25, 0.3) is 0 Å². The molecule has 0 spiro atoms. The summed E-state index contributed by atoms with van der Waals surface area (Å²) in [6.45, 7) is 5.25. The average molecular weight is 167 g/mol. The Hall–Kier alpha value is -0.830. The molecule has 1 aromatic rings. The number of nitrogens with one attached hydrogen (secondary N) is 1. The highest BCUT2D eigenvalue weighted by molar-refractivity contribution is 5.03. The molecule has 3 heteroatoms.